The highest BCUT2D eigenvalue weighted by atomic mass is 16.6. The Morgan fingerprint density at radius 3 is 2.69 bits per heavy atom. The molecular formula is C19H21N3O4. The van der Waals surface area contributed by atoms with Gasteiger partial charge in [-0.1, -0.05) is 48.6 Å². The van der Waals surface area contributed by atoms with Crippen LogP contribution in [0, 0.1) is 10.1 Å². The molecule has 0 radical (unpaired) electrons. The Kier molecular flexibility index (Phi) is 7.17. The van der Waals surface area contributed by atoms with Gasteiger partial charge in [-0.25, -0.2) is 4.79 Å². The number of hydrogen-bond acceptors (Lipinski definition) is 5. The van der Waals surface area contributed by atoms with Crippen molar-refractivity contribution >= 4 is 23.5 Å². The number of carbonyl (C=O) groups excluding carboxylic acids is 1. The topological polar surface area (TPSA) is 93.5 Å². The van der Waals surface area contributed by atoms with Gasteiger partial charge in [-0.2, -0.15) is 0 Å². The number of amides is 1. The third-order valence-electron chi connectivity index (χ3n) is 3.59. The van der Waals surface area contributed by atoms with E-state index >= 15 is 0 Å². The normalized spacial score (nSPS) is 10.5. The van der Waals surface area contributed by atoms with Crippen molar-refractivity contribution in [2.45, 2.75) is 13.0 Å². The number of rotatable bonds is 8. The van der Waals surface area contributed by atoms with Gasteiger partial charge in [0.2, 0.25) is 0 Å². The molecule has 2 aromatic carbocycles. The fourth-order valence-electron chi connectivity index (χ4n) is 2.27. The highest BCUT2D eigenvalue weighted by Gasteiger charge is 2.12. The smallest absolute Gasteiger partial charge is 0.407 e. The molecule has 0 saturated heterocycles. The first-order valence-corrected chi connectivity index (χ1v) is 8.17. The first-order valence-electron chi connectivity index (χ1n) is 8.17. The summed E-state index contributed by atoms with van der Waals surface area (Å²) >= 11 is 0. The Morgan fingerprint density at radius 1 is 1.23 bits per heavy atom. The van der Waals surface area contributed by atoms with Crippen molar-refractivity contribution in [3.8, 4) is 0 Å². The Balaban J connectivity index is 1.74. The molecule has 0 spiro atoms. The summed E-state index contributed by atoms with van der Waals surface area (Å²) in [6, 6.07) is 14.4. The van der Waals surface area contributed by atoms with Gasteiger partial charge in [-0.15, -0.1) is 0 Å². The van der Waals surface area contributed by atoms with Crippen LogP contribution in [0.1, 0.15) is 17.5 Å². The summed E-state index contributed by atoms with van der Waals surface area (Å²) in [4.78, 5) is 22.2. The van der Waals surface area contributed by atoms with Crippen LogP contribution in [0.5, 0.6) is 0 Å². The van der Waals surface area contributed by atoms with Crippen LogP contribution >= 0.6 is 0 Å². The molecule has 0 aromatic heterocycles. The Morgan fingerprint density at radius 2 is 2.00 bits per heavy atom. The van der Waals surface area contributed by atoms with Crippen molar-refractivity contribution in [2.75, 3.05) is 18.9 Å². The first kappa shape index (κ1) is 19.0. The zero-order valence-electron chi connectivity index (χ0n) is 14.5. The standard InChI is InChI=1S/C19H21N3O4/c1-20-17-11-10-15(13-18(17)22(24)25)7-5-6-12-21-19(23)26-14-16-8-3-2-4-9-16/h2-5,7-11,13,20H,6,12,14H2,1H3,(H,21,23). The van der Waals surface area contributed by atoms with Crippen LogP contribution in [0.4, 0.5) is 16.2 Å². The second-order valence-corrected chi connectivity index (χ2v) is 5.46. The van der Waals surface area contributed by atoms with Gasteiger partial charge in [-0.05, 0) is 23.6 Å². The number of nitro benzene ring substituents is 1. The third-order valence-corrected chi connectivity index (χ3v) is 3.59. The van der Waals surface area contributed by atoms with Gasteiger partial charge in [0.15, 0.2) is 0 Å². The monoisotopic (exact) mass is 355 g/mol. The number of benzene rings is 2. The lowest BCUT2D eigenvalue weighted by molar-refractivity contribution is -0.383. The van der Waals surface area contributed by atoms with Crippen molar-refractivity contribution in [1.29, 1.82) is 0 Å². The summed E-state index contributed by atoms with van der Waals surface area (Å²) in [5, 5.41) is 16.5. The fourth-order valence-corrected chi connectivity index (χ4v) is 2.27. The van der Waals surface area contributed by atoms with E-state index in [-0.39, 0.29) is 12.3 Å². The molecule has 136 valence electrons. The quantitative estimate of drug-likeness (QED) is 0.425. The van der Waals surface area contributed by atoms with E-state index in [0.29, 0.717) is 18.7 Å². The second-order valence-electron chi connectivity index (χ2n) is 5.46. The molecule has 2 N–H and O–H groups in total. The Hall–Kier alpha value is -3.35. The number of carbonyl (C=O) groups is 1. The molecular weight excluding hydrogens is 334 g/mol. The van der Waals surface area contributed by atoms with E-state index in [1.807, 2.05) is 36.4 Å². The highest BCUT2D eigenvalue weighted by Crippen LogP contribution is 2.25. The predicted molar refractivity (Wildman–Crippen MR) is 101 cm³/mol. The maximum Gasteiger partial charge on any atom is 0.407 e. The molecule has 0 unspecified atom stereocenters. The van der Waals surface area contributed by atoms with Crippen molar-refractivity contribution in [3.63, 3.8) is 0 Å². The number of anilines is 1. The van der Waals surface area contributed by atoms with Crippen molar-refractivity contribution in [2.24, 2.45) is 0 Å². The molecule has 2 aromatic rings. The van der Waals surface area contributed by atoms with Gasteiger partial charge in [0.25, 0.3) is 5.69 Å². The molecule has 2 rings (SSSR count). The van der Waals surface area contributed by atoms with E-state index in [4.69, 9.17) is 4.74 Å². The summed E-state index contributed by atoms with van der Waals surface area (Å²) in [6.45, 7) is 0.644. The lowest BCUT2D eigenvalue weighted by Crippen LogP contribution is -2.24. The first-order chi connectivity index (χ1) is 12.6. The minimum atomic E-state index is -0.476. The van der Waals surface area contributed by atoms with Crippen molar-refractivity contribution < 1.29 is 14.5 Å². The van der Waals surface area contributed by atoms with E-state index in [0.717, 1.165) is 11.1 Å². The molecule has 0 fully saturated rings. The maximum atomic E-state index is 11.6. The summed E-state index contributed by atoms with van der Waals surface area (Å²) < 4.78 is 5.10. The lowest BCUT2D eigenvalue weighted by Gasteiger charge is -2.06. The molecule has 0 aliphatic carbocycles. The molecule has 0 heterocycles. The number of alkyl carbamates (subject to hydrolysis) is 1. The number of ether oxygens (including phenoxy) is 1. The van der Waals surface area contributed by atoms with Gasteiger partial charge < -0.3 is 15.4 Å². The van der Waals surface area contributed by atoms with Gasteiger partial charge in [0, 0.05) is 19.7 Å². The zero-order valence-corrected chi connectivity index (χ0v) is 14.5. The van der Waals surface area contributed by atoms with Crippen LogP contribution < -0.4 is 10.6 Å². The summed E-state index contributed by atoms with van der Waals surface area (Å²) in [7, 11) is 1.64. The van der Waals surface area contributed by atoms with E-state index in [1.165, 1.54) is 6.07 Å². The van der Waals surface area contributed by atoms with Gasteiger partial charge in [-0.3, -0.25) is 10.1 Å². The zero-order chi connectivity index (χ0) is 18.8. The summed E-state index contributed by atoms with van der Waals surface area (Å²) in [5.74, 6) is 0. The number of nitro groups is 1. The van der Waals surface area contributed by atoms with Crippen LogP contribution in [-0.4, -0.2) is 24.6 Å². The van der Waals surface area contributed by atoms with Gasteiger partial charge >= 0.3 is 6.09 Å². The largest absolute Gasteiger partial charge is 0.445 e. The highest BCUT2D eigenvalue weighted by molar-refractivity contribution is 5.67. The molecule has 7 nitrogen and oxygen atoms in total. The van der Waals surface area contributed by atoms with Crippen LogP contribution in [0.25, 0.3) is 6.08 Å². The molecule has 7 heteroatoms. The van der Waals surface area contributed by atoms with Crippen LogP contribution in [0.3, 0.4) is 0 Å². The molecule has 1 amide bonds. The third kappa shape index (κ3) is 5.94. The summed E-state index contributed by atoms with van der Waals surface area (Å²) in [5.41, 5.74) is 2.14. The number of hydrogen-bond donors (Lipinski definition) is 2. The SMILES string of the molecule is CNc1ccc(C=CCCNC(=O)OCc2ccccc2)cc1[N+](=O)[O-]. The van der Waals surface area contributed by atoms with Gasteiger partial charge in [0.1, 0.15) is 12.3 Å². The molecule has 0 atom stereocenters. The van der Waals surface area contributed by atoms with E-state index < -0.39 is 11.0 Å². The van der Waals surface area contributed by atoms with Crippen molar-refractivity contribution in [1.82, 2.24) is 5.32 Å². The fraction of sp³-hybridized carbons (Fsp3) is 0.211. The Labute approximate surface area is 151 Å². The predicted octanol–water partition coefficient (Wildman–Crippen LogP) is 3.97. The average molecular weight is 355 g/mol. The van der Waals surface area contributed by atoms with Crippen LogP contribution in [-0.2, 0) is 11.3 Å². The van der Waals surface area contributed by atoms with E-state index in [2.05, 4.69) is 10.6 Å². The molecule has 0 aliphatic heterocycles. The maximum absolute atomic E-state index is 11.6. The second kappa shape index (κ2) is 9.83. The molecule has 0 aliphatic rings. The minimum Gasteiger partial charge on any atom is -0.445 e. The summed E-state index contributed by atoms with van der Waals surface area (Å²) in [6.07, 6.45) is 3.73. The Bertz CT molecular complexity index is 776. The molecule has 0 bridgehead atoms. The van der Waals surface area contributed by atoms with Crippen molar-refractivity contribution in [3.05, 3.63) is 75.8 Å². The van der Waals surface area contributed by atoms with E-state index in [9.17, 15) is 14.9 Å². The number of nitrogens with zero attached hydrogens (tertiary/aromatic N) is 1. The number of nitrogens with one attached hydrogen (secondary N) is 2. The molecule has 0 saturated carbocycles. The molecule has 26 heavy (non-hydrogen) atoms. The average Bonchev–Trinajstić information content (AvgIpc) is 2.66. The van der Waals surface area contributed by atoms with E-state index in [1.54, 1.807) is 25.3 Å². The van der Waals surface area contributed by atoms with Crippen LogP contribution in [0.15, 0.2) is 54.6 Å². The van der Waals surface area contributed by atoms with Gasteiger partial charge in [0.05, 0.1) is 4.92 Å². The minimum absolute atomic E-state index is 0.0252. The lowest BCUT2D eigenvalue weighted by atomic mass is 10.1. The van der Waals surface area contributed by atoms with Crippen LogP contribution in [0.2, 0.25) is 0 Å².